The minimum absolute atomic E-state index is 0.0203. The maximum absolute atomic E-state index is 9.51. The molecule has 0 spiro atoms. The van der Waals surface area contributed by atoms with Crippen molar-refractivity contribution in [3.05, 3.63) is 35.9 Å². The van der Waals surface area contributed by atoms with E-state index in [1.54, 1.807) is 12.1 Å². The van der Waals surface area contributed by atoms with Crippen molar-refractivity contribution in [3.63, 3.8) is 0 Å². The van der Waals surface area contributed by atoms with Gasteiger partial charge in [-0.2, -0.15) is 0 Å². The molecule has 0 aliphatic rings. The molecular weight excluding hydrogens is 164 g/mol. The molecule has 13 heavy (non-hydrogen) atoms. The predicted octanol–water partition coefficient (Wildman–Crippen LogP) is 2.78. The highest BCUT2D eigenvalue weighted by Gasteiger charge is 2.09. The van der Waals surface area contributed by atoms with Gasteiger partial charge >= 0.3 is 0 Å². The number of allylic oxidation sites excluding steroid dienone is 2. The van der Waals surface area contributed by atoms with E-state index in [-0.39, 0.29) is 17.4 Å². The number of rotatable bonds is 2. The van der Waals surface area contributed by atoms with Gasteiger partial charge in [-0.15, -0.1) is 0 Å². The van der Waals surface area contributed by atoms with Crippen molar-refractivity contribution in [1.29, 1.82) is 0 Å². The molecule has 2 heteroatoms. The zero-order valence-electron chi connectivity index (χ0n) is 7.86. The van der Waals surface area contributed by atoms with E-state index in [4.69, 9.17) is 0 Å². The number of hydrogen-bond donors (Lipinski definition) is 2. The Bertz CT molecular complexity index is 316. The molecule has 0 bridgehead atoms. The number of benzene rings is 1. The molecule has 70 valence electrons. The molecule has 0 aromatic heterocycles. The molecule has 0 heterocycles. The number of aromatic hydroxyl groups is 2. The van der Waals surface area contributed by atoms with E-state index in [1.807, 2.05) is 26.0 Å². The molecule has 0 aliphatic heterocycles. The molecule has 0 saturated heterocycles. The van der Waals surface area contributed by atoms with Crippen molar-refractivity contribution < 1.29 is 10.2 Å². The Morgan fingerprint density at radius 1 is 1.31 bits per heavy atom. The van der Waals surface area contributed by atoms with Crippen LogP contribution in [0.5, 0.6) is 11.5 Å². The Morgan fingerprint density at radius 2 is 2.00 bits per heavy atom. The third kappa shape index (κ3) is 2.02. The van der Waals surface area contributed by atoms with Gasteiger partial charge in [-0.05, 0) is 13.0 Å². The van der Waals surface area contributed by atoms with Crippen LogP contribution in [0, 0.1) is 0 Å². The number of phenols is 2. The third-order valence-electron chi connectivity index (χ3n) is 2.02. The lowest BCUT2D eigenvalue weighted by Gasteiger charge is -2.09. The number of phenolic OH excluding ortho intramolecular Hbond substituents is 2. The first kappa shape index (κ1) is 9.65. The molecule has 2 nitrogen and oxygen atoms in total. The zero-order chi connectivity index (χ0) is 9.84. The zero-order valence-corrected chi connectivity index (χ0v) is 7.86. The Labute approximate surface area is 78.2 Å². The fourth-order valence-corrected chi connectivity index (χ4v) is 1.31. The first-order chi connectivity index (χ1) is 6.16. The topological polar surface area (TPSA) is 40.5 Å². The van der Waals surface area contributed by atoms with E-state index < -0.39 is 0 Å². The Kier molecular flexibility index (Phi) is 2.96. The highest BCUT2D eigenvalue weighted by Crippen LogP contribution is 2.33. The van der Waals surface area contributed by atoms with Gasteiger partial charge in [0.25, 0.3) is 0 Å². The summed E-state index contributed by atoms with van der Waals surface area (Å²) in [5.74, 6) is 0.0408. The van der Waals surface area contributed by atoms with Crippen molar-refractivity contribution in [3.8, 4) is 11.5 Å². The van der Waals surface area contributed by atoms with E-state index in [2.05, 4.69) is 0 Å². The first-order valence-electron chi connectivity index (χ1n) is 4.30. The number of hydrogen-bond acceptors (Lipinski definition) is 2. The van der Waals surface area contributed by atoms with Gasteiger partial charge in [-0.25, -0.2) is 0 Å². The van der Waals surface area contributed by atoms with Gasteiger partial charge in [0.2, 0.25) is 0 Å². The van der Waals surface area contributed by atoms with E-state index in [1.165, 1.54) is 6.07 Å². The second kappa shape index (κ2) is 3.99. The lowest BCUT2D eigenvalue weighted by atomic mass is 9.99. The quantitative estimate of drug-likeness (QED) is 0.540. The molecular formula is C11H14O2. The normalized spacial score (nSPS) is 13.4. The van der Waals surface area contributed by atoms with Crippen LogP contribution in [0.1, 0.15) is 25.3 Å². The molecule has 1 rings (SSSR count). The van der Waals surface area contributed by atoms with Crippen molar-refractivity contribution in [2.75, 3.05) is 0 Å². The fraction of sp³-hybridized carbons (Fsp3) is 0.273. The predicted molar refractivity (Wildman–Crippen MR) is 53.0 cm³/mol. The van der Waals surface area contributed by atoms with Crippen molar-refractivity contribution >= 4 is 0 Å². The molecule has 1 atom stereocenters. The highest BCUT2D eigenvalue weighted by atomic mass is 16.3. The van der Waals surface area contributed by atoms with Crippen LogP contribution in [0.25, 0.3) is 0 Å². The standard InChI is InChI=1S/C11H14O2/c1-3-5-8(2)9-6-4-7-10(12)11(9)13/h3-8,12-13H,1-2H3/b5-3+. The summed E-state index contributed by atoms with van der Waals surface area (Å²) in [5, 5.41) is 18.8. The summed E-state index contributed by atoms with van der Waals surface area (Å²) in [7, 11) is 0. The van der Waals surface area contributed by atoms with Gasteiger partial charge in [0, 0.05) is 11.5 Å². The second-order valence-electron chi connectivity index (χ2n) is 3.03. The van der Waals surface area contributed by atoms with Crippen LogP contribution >= 0.6 is 0 Å². The number of para-hydroxylation sites is 1. The van der Waals surface area contributed by atoms with Gasteiger partial charge < -0.3 is 10.2 Å². The van der Waals surface area contributed by atoms with Crippen LogP contribution in [-0.4, -0.2) is 10.2 Å². The van der Waals surface area contributed by atoms with Crippen LogP contribution in [-0.2, 0) is 0 Å². The highest BCUT2D eigenvalue weighted by molar-refractivity contribution is 5.46. The van der Waals surface area contributed by atoms with Gasteiger partial charge in [0.05, 0.1) is 0 Å². The molecule has 2 N–H and O–H groups in total. The average molecular weight is 178 g/mol. The van der Waals surface area contributed by atoms with Crippen LogP contribution in [0.15, 0.2) is 30.4 Å². The lowest BCUT2D eigenvalue weighted by Crippen LogP contribution is -1.89. The van der Waals surface area contributed by atoms with Gasteiger partial charge in [-0.1, -0.05) is 31.2 Å². The van der Waals surface area contributed by atoms with Crippen LogP contribution in [0.4, 0.5) is 0 Å². The molecule has 0 amide bonds. The SMILES string of the molecule is C/C=C/C(C)c1cccc(O)c1O. The molecule has 0 radical (unpaired) electrons. The maximum Gasteiger partial charge on any atom is 0.161 e. The maximum atomic E-state index is 9.51. The minimum Gasteiger partial charge on any atom is -0.504 e. The molecule has 0 saturated carbocycles. The smallest absolute Gasteiger partial charge is 0.161 e. The molecule has 0 fully saturated rings. The van der Waals surface area contributed by atoms with E-state index in [0.29, 0.717) is 0 Å². The molecule has 1 unspecified atom stereocenters. The van der Waals surface area contributed by atoms with Crippen molar-refractivity contribution in [1.82, 2.24) is 0 Å². The van der Waals surface area contributed by atoms with Crippen LogP contribution in [0.2, 0.25) is 0 Å². The summed E-state index contributed by atoms with van der Waals surface area (Å²) in [5.41, 5.74) is 0.748. The third-order valence-corrected chi connectivity index (χ3v) is 2.02. The summed E-state index contributed by atoms with van der Waals surface area (Å²) in [6.45, 7) is 3.89. The molecule has 0 aliphatic carbocycles. The Balaban J connectivity index is 3.07. The molecule has 1 aromatic carbocycles. The minimum atomic E-state index is -0.0612. The summed E-state index contributed by atoms with van der Waals surface area (Å²) in [6, 6.07) is 5.01. The Hall–Kier alpha value is -1.44. The monoisotopic (exact) mass is 178 g/mol. The fourth-order valence-electron chi connectivity index (χ4n) is 1.31. The van der Waals surface area contributed by atoms with Gasteiger partial charge in [0.15, 0.2) is 11.5 Å². The van der Waals surface area contributed by atoms with Gasteiger partial charge in [0.1, 0.15) is 0 Å². The van der Waals surface area contributed by atoms with Crippen LogP contribution < -0.4 is 0 Å². The average Bonchev–Trinajstić information content (AvgIpc) is 2.10. The van der Waals surface area contributed by atoms with E-state index in [9.17, 15) is 10.2 Å². The van der Waals surface area contributed by atoms with Crippen LogP contribution in [0.3, 0.4) is 0 Å². The summed E-state index contributed by atoms with van der Waals surface area (Å²) >= 11 is 0. The molecule has 1 aromatic rings. The summed E-state index contributed by atoms with van der Waals surface area (Å²) in [6.07, 6.45) is 3.89. The van der Waals surface area contributed by atoms with Crippen molar-refractivity contribution in [2.45, 2.75) is 19.8 Å². The summed E-state index contributed by atoms with van der Waals surface area (Å²) < 4.78 is 0. The largest absolute Gasteiger partial charge is 0.504 e. The lowest BCUT2D eigenvalue weighted by molar-refractivity contribution is 0.398. The first-order valence-corrected chi connectivity index (χ1v) is 4.30. The van der Waals surface area contributed by atoms with E-state index in [0.717, 1.165) is 5.56 Å². The second-order valence-corrected chi connectivity index (χ2v) is 3.03. The Morgan fingerprint density at radius 3 is 2.62 bits per heavy atom. The van der Waals surface area contributed by atoms with Crippen molar-refractivity contribution in [2.24, 2.45) is 0 Å². The van der Waals surface area contributed by atoms with E-state index >= 15 is 0 Å². The van der Waals surface area contributed by atoms with Gasteiger partial charge in [-0.3, -0.25) is 0 Å². The summed E-state index contributed by atoms with van der Waals surface area (Å²) in [4.78, 5) is 0.